The van der Waals surface area contributed by atoms with E-state index in [2.05, 4.69) is 31.2 Å². The highest BCUT2D eigenvalue weighted by Crippen LogP contribution is 2.15. The van der Waals surface area contributed by atoms with E-state index in [1.807, 2.05) is 0 Å². The quantitative estimate of drug-likeness (QED) is 0.833. The van der Waals surface area contributed by atoms with Gasteiger partial charge in [-0.3, -0.25) is 4.79 Å². The largest absolute Gasteiger partial charge is 0.398 e. The summed E-state index contributed by atoms with van der Waals surface area (Å²) in [6.07, 6.45) is 2.84. The number of benzene rings is 1. The number of nitrogens with two attached hydrogens (primary N) is 1. The van der Waals surface area contributed by atoms with E-state index in [1.54, 1.807) is 0 Å². The highest BCUT2D eigenvalue weighted by Gasteiger charge is 2.11. The van der Waals surface area contributed by atoms with Gasteiger partial charge in [0, 0.05) is 5.69 Å². The van der Waals surface area contributed by atoms with Gasteiger partial charge in [0.15, 0.2) is 5.82 Å². The Morgan fingerprint density at radius 1 is 1.33 bits per heavy atom. The Balaban J connectivity index is 2.19. The summed E-state index contributed by atoms with van der Waals surface area (Å²) < 4.78 is 13.4. The zero-order valence-electron chi connectivity index (χ0n) is 9.02. The Labute approximate surface area is 110 Å². The molecule has 0 saturated carbocycles. The highest BCUT2D eigenvalue weighted by molar-refractivity contribution is 9.10. The smallest absolute Gasteiger partial charge is 0.258 e. The summed E-state index contributed by atoms with van der Waals surface area (Å²) in [5.74, 6) is -0.677. The molecule has 0 unspecified atom stereocenters. The number of rotatable bonds is 2. The van der Waals surface area contributed by atoms with E-state index in [0.29, 0.717) is 4.60 Å². The van der Waals surface area contributed by atoms with Crippen LogP contribution in [0.2, 0.25) is 0 Å². The first-order valence-electron chi connectivity index (χ1n) is 4.90. The minimum absolute atomic E-state index is 0.0672. The van der Waals surface area contributed by atoms with Gasteiger partial charge in [0.05, 0.1) is 18.0 Å². The van der Waals surface area contributed by atoms with Crippen LogP contribution in [0.3, 0.4) is 0 Å². The average Bonchev–Trinajstić information content (AvgIpc) is 2.32. The van der Waals surface area contributed by atoms with Gasteiger partial charge >= 0.3 is 0 Å². The minimum atomic E-state index is -0.493. The Morgan fingerprint density at radius 2 is 2.11 bits per heavy atom. The molecule has 0 bridgehead atoms. The van der Waals surface area contributed by atoms with Gasteiger partial charge < -0.3 is 11.1 Å². The van der Waals surface area contributed by atoms with Crippen LogP contribution in [-0.4, -0.2) is 15.9 Å². The summed E-state index contributed by atoms with van der Waals surface area (Å²) >= 11 is 3.13. The van der Waals surface area contributed by atoms with E-state index in [4.69, 9.17) is 5.73 Å². The molecule has 2 aromatic rings. The van der Waals surface area contributed by atoms with Gasteiger partial charge in [-0.1, -0.05) is 0 Å². The molecule has 0 saturated heterocycles. The molecule has 0 aliphatic heterocycles. The van der Waals surface area contributed by atoms with E-state index < -0.39 is 11.7 Å². The lowest BCUT2D eigenvalue weighted by atomic mass is 10.1. The molecule has 0 spiro atoms. The number of anilines is 2. The molecule has 92 valence electrons. The fourth-order valence-corrected chi connectivity index (χ4v) is 1.51. The summed E-state index contributed by atoms with van der Waals surface area (Å²) in [6, 6.07) is 3.56. The van der Waals surface area contributed by atoms with Crippen LogP contribution in [-0.2, 0) is 0 Å². The molecule has 5 nitrogen and oxygen atoms in total. The predicted molar refractivity (Wildman–Crippen MR) is 68.5 cm³/mol. The number of aromatic nitrogens is 2. The van der Waals surface area contributed by atoms with Crippen molar-refractivity contribution in [2.45, 2.75) is 0 Å². The number of carbonyl (C=O) groups is 1. The van der Waals surface area contributed by atoms with Crippen LogP contribution >= 0.6 is 15.9 Å². The molecule has 1 heterocycles. The zero-order chi connectivity index (χ0) is 13.1. The molecule has 0 aliphatic carbocycles. The van der Waals surface area contributed by atoms with Gasteiger partial charge in [0.25, 0.3) is 5.91 Å². The average molecular weight is 311 g/mol. The van der Waals surface area contributed by atoms with Crippen molar-refractivity contribution >= 4 is 33.3 Å². The van der Waals surface area contributed by atoms with Crippen LogP contribution in [0.5, 0.6) is 0 Å². The van der Waals surface area contributed by atoms with Gasteiger partial charge in [0.1, 0.15) is 10.4 Å². The third kappa shape index (κ3) is 2.80. The van der Waals surface area contributed by atoms with E-state index >= 15 is 0 Å². The lowest BCUT2D eigenvalue weighted by Crippen LogP contribution is -2.15. The SMILES string of the molecule is Nc1cc(F)ccc1C(=O)Nc1cnc(Br)cn1. The molecule has 0 atom stereocenters. The summed E-state index contributed by atoms with van der Waals surface area (Å²) in [5.41, 5.74) is 5.80. The molecule has 7 heteroatoms. The maximum atomic E-state index is 12.8. The zero-order valence-corrected chi connectivity index (χ0v) is 10.6. The lowest BCUT2D eigenvalue weighted by Gasteiger charge is -2.06. The molecule has 1 aromatic heterocycles. The summed E-state index contributed by atoms with van der Waals surface area (Å²) in [5, 5.41) is 2.51. The normalized spacial score (nSPS) is 10.1. The van der Waals surface area contributed by atoms with Gasteiger partial charge in [-0.25, -0.2) is 14.4 Å². The van der Waals surface area contributed by atoms with Crippen molar-refractivity contribution in [3.8, 4) is 0 Å². The van der Waals surface area contributed by atoms with E-state index in [0.717, 1.165) is 6.07 Å². The number of nitrogens with one attached hydrogen (secondary N) is 1. The number of halogens is 2. The van der Waals surface area contributed by atoms with Gasteiger partial charge in [-0.15, -0.1) is 0 Å². The molecule has 1 amide bonds. The van der Waals surface area contributed by atoms with Gasteiger partial charge in [0.2, 0.25) is 0 Å². The van der Waals surface area contributed by atoms with Crippen LogP contribution in [0, 0.1) is 5.82 Å². The third-order valence-corrected chi connectivity index (χ3v) is 2.53. The number of amides is 1. The Hall–Kier alpha value is -2.02. The Morgan fingerprint density at radius 3 is 2.72 bits per heavy atom. The van der Waals surface area contributed by atoms with Crippen LogP contribution < -0.4 is 11.1 Å². The number of hydrogen-bond donors (Lipinski definition) is 2. The predicted octanol–water partition coefficient (Wildman–Crippen LogP) is 2.21. The molecular weight excluding hydrogens is 303 g/mol. The molecule has 0 aliphatic rings. The van der Waals surface area contributed by atoms with Crippen molar-refractivity contribution in [3.05, 3.63) is 46.6 Å². The Kier molecular flexibility index (Phi) is 3.52. The first-order chi connectivity index (χ1) is 8.56. The first kappa shape index (κ1) is 12.4. The van der Waals surface area contributed by atoms with Crippen LogP contribution in [0.15, 0.2) is 35.2 Å². The van der Waals surface area contributed by atoms with Gasteiger partial charge in [-0.05, 0) is 34.1 Å². The van der Waals surface area contributed by atoms with Gasteiger partial charge in [-0.2, -0.15) is 0 Å². The second-order valence-corrected chi connectivity index (χ2v) is 4.22. The second kappa shape index (κ2) is 5.09. The molecule has 3 N–H and O–H groups in total. The minimum Gasteiger partial charge on any atom is -0.398 e. The maximum Gasteiger partial charge on any atom is 0.258 e. The molecule has 0 radical (unpaired) electrons. The third-order valence-electron chi connectivity index (χ3n) is 2.12. The standard InChI is InChI=1S/C11H8BrFN4O/c12-9-4-16-10(5-15-9)17-11(18)7-2-1-6(13)3-8(7)14/h1-5H,14H2,(H,16,17,18). The van der Waals surface area contributed by atoms with Crippen molar-refractivity contribution in [1.82, 2.24) is 9.97 Å². The summed E-state index contributed by atoms with van der Waals surface area (Å²) in [7, 11) is 0. The highest BCUT2D eigenvalue weighted by atomic mass is 79.9. The van der Waals surface area contributed by atoms with E-state index in [-0.39, 0.29) is 17.1 Å². The summed E-state index contributed by atoms with van der Waals surface area (Å²) in [4.78, 5) is 19.7. The number of hydrogen-bond acceptors (Lipinski definition) is 4. The molecule has 18 heavy (non-hydrogen) atoms. The molecule has 2 rings (SSSR count). The molecule has 1 aromatic carbocycles. The monoisotopic (exact) mass is 310 g/mol. The number of nitrogens with zero attached hydrogens (tertiary/aromatic N) is 2. The van der Waals surface area contributed by atoms with Crippen molar-refractivity contribution in [3.63, 3.8) is 0 Å². The summed E-state index contributed by atoms with van der Waals surface area (Å²) in [6.45, 7) is 0. The molecule has 0 fully saturated rings. The van der Waals surface area contributed by atoms with Crippen molar-refractivity contribution in [2.24, 2.45) is 0 Å². The van der Waals surface area contributed by atoms with Crippen molar-refractivity contribution in [1.29, 1.82) is 0 Å². The first-order valence-corrected chi connectivity index (χ1v) is 5.69. The fraction of sp³-hybridized carbons (Fsp3) is 0. The number of carbonyl (C=O) groups excluding carboxylic acids is 1. The second-order valence-electron chi connectivity index (χ2n) is 3.41. The topological polar surface area (TPSA) is 80.9 Å². The van der Waals surface area contributed by atoms with Crippen LogP contribution in [0.4, 0.5) is 15.9 Å². The fourth-order valence-electron chi connectivity index (χ4n) is 1.30. The number of nitrogen functional groups attached to an aromatic ring is 1. The van der Waals surface area contributed by atoms with E-state index in [1.165, 1.54) is 24.5 Å². The molecular formula is C11H8BrFN4O. The van der Waals surface area contributed by atoms with Crippen LogP contribution in [0.25, 0.3) is 0 Å². The Bertz CT molecular complexity index is 588. The van der Waals surface area contributed by atoms with E-state index in [9.17, 15) is 9.18 Å². The van der Waals surface area contributed by atoms with Crippen molar-refractivity contribution in [2.75, 3.05) is 11.1 Å². The van der Waals surface area contributed by atoms with Crippen molar-refractivity contribution < 1.29 is 9.18 Å². The maximum absolute atomic E-state index is 12.8. The lowest BCUT2D eigenvalue weighted by molar-refractivity contribution is 0.102. The van der Waals surface area contributed by atoms with Crippen LogP contribution in [0.1, 0.15) is 10.4 Å².